The van der Waals surface area contributed by atoms with Crippen molar-refractivity contribution in [2.24, 2.45) is 5.92 Å². The second-order valence-corrected chi connectivity index (χ2v) is 13.7. The van der Waals surface area contributed by atoms with E-state index < -0.39 is 22.4 Å². The van der Waals surface area contributed by atoms with Crippen molar-refractivity contribution >= 4 is 23.8 Å². The van der Waals surface area contributed by atoms with Gasteiger partial charge in [0, 0.05) is 24.4 Å². The molecule has 0 aromatic heterocycles. The number of aliphatic carboxylic acids is 1. The van der Waals surface area contributed by atoms with Crippen molar-refractivity contribution in [3.8, 4) is 0 Å². The van der Waals surface area contributed by atoms with Crippen LogP contribution in [0.1, 0.15) is 64.2 Å². The lowest BCUT2D eigenvalue weighted by atomic mass is 9.84. The SMILES string of the molecule is CCC(C)[C@H](NCC1CC(SC(c2ccccc2)(c2ccccc2)c2ccccc2)CN1C(=O)OC(C)(C)C)C(=O)O. The van der Waals surface area contributed by atoms with Crippen LogP contribution in [-0.4, -0.2) is 58.1 Å². The van der Waals surface area contributed by atoms with Crippen LogP contribution in [0.25, 0.3) is 0 Å². The van der Waals surface area contributed by atoms with Crippen LogP contribution < -0.4 is 5.32 Å². The number of likely N-dealkylation sites (tertiary alicyclic amines) is 1. The average Bonchev–Trinajstić information content (AvgIpc) is 3.39. The van der Waals surface area contributed by atoms with E-state index in [1.165, 1.54) is 16.7 Å². The summed E-state index contributed by atoms with van der Waals surface area (Å²) in [5.41, 5.74) is 2.86. The van der Waals surface area contributed by atoms with Crippen molar-refractivity contribution in [1.29, 1.82) is 0 Å². The van der Waals surface area contributed by atoms with Gasteiger partial charge in [-0.05, 0) is 49.8 Å². The molecule has 0 saturated carbocycles. The molecule has 3 unspecified atom stereocenters. The summed E-state index contributed by atoms with van der Waals surface area (Å²) in [5.74, 6) is -0.903. The Balaban J connectivity index is 1.72. The number of ether oxygens (including phenoxy) is 1. The minimum atomic E-state index is -0.867. The van der Waals surface area contributed by atoms with E-state index in [9.17, 15) is 14.7 Å². The minimum Gasteiger partial charge on any atom is -0.480 e. The van der Waals surface area contributed by atoms with E-state index in [0.29, 0.717) is 19.5 Å². The molecule has 3 aromatic carbocycles. The zero-order chi connectivity index (χ0) is 30.3. The molecule has 0 aliphatic carbocycles. The van der Waals surface area contributed by atoms with Crippen molar-refractivity contribution < 1.29 is 19.4 Å². The molecule has 4 atom stereocenters. The molecule has 224 valence electrons. The van der Waals surface area contributed by atoms with Crippen LogP contribution in [0.15, 0.2) is 91.0 Å². The molecular formula is C35H44N2O4S. The summed E-state index contributed by atoms with van der Waals surface area (Å²) >= 11 is 1.86. The maximum atomic E-state index is 13.5. The molecule has 3 aromatic rings. The second kappa shape index (κ2) is 13.8. The van der Waals surface area contributed by atoms with Gasteiger partial charge in [0.05, 0.1) is 4.75 Å². The summed E-state index contributed by atoms with van der Waals surface area (Å²) in [7, 11) is 0. The summed E-state index contributed by atoms with van der Waals surface area (Å²) in [6.07, 6.45) is 1.09. The van der Waals surface area contributed by atoms with E-state index in [0.717, 1.165) is 6.42 Å². The first-order valence-corrected chi connectivity index (χ1v) is 15.7. The fraction of sp³-hybridized carbons (Fsp3) is 0.429. The number of nitrogens with one attached hydrogen (secondary N) is 1. The molecule has 1 fully saturated rings. The molecule has 1 heterocycles. The highest BCUT2D eigenvalue weighted by Crippen LogP contribution is 2.52. The van der Waals surface area contributed by atoms with Crippen molar-refractivity contribution in [3.63, 3.8) is 0 Å². The number of amides is 1. The largest absolute Gasteiger partial charge is 0.480 e. The van der Waals surface area contributed by atoms with E-state index >= 15 is 0 Å². The third kappa shape index (κ3) is 7.37. The lowest BCUT2D eigenvalue weighted by Crippen LogP contribution is -2.49. The summed E-state index contributed by atoms with van der Waals surface area (Å²) in [6.45, 7) is 10.4. The van der Waals surface area contributed by atoms with E-state index in [2.05, 4.69) is 78.1 Å². The van der Waals surface area contributed by atoms with E-state index in [4.69, 9.17) is 4.74 Å². The van der Waals surface area contributed by atoms with Gasteiger partial charge in [0.15, 0.2) is 0 Å². The Kier molecular flexibility index (Phi) is 10.4. The topological polar surface area (TPSA) is 78.9 Å². The smallest absolute Gasteiger partial charge is 0.410 e. The molecule has 0 radical (unpaired) electrons. The molecular weight excluding hydrogens is 544 g/mol. The van der Waals surface area contributed by atoms with Gasteiger partial charge in [-0.25, -0.2) is 4.79 Å². The molecule has 1 aliphatic rings. The fourth-order valence-electron chi connectivity index (χ4n) is 5.70. The third-order valence-electron chi connectivity index (χ3n) is 7.94. The molecule has 0 bridgehead atoms. The Labute approximate surface area is 254 Å². The van der Waals surface area contributed by atoms with Crippen LogP contribution in [0.5, 0.6) is 0 Å². The quantitative estimate of drug-likeness (QED) is 0.231. The van der Waals surface area contributed by atoms with E-state index in [1.54, 1.807) is 4.90 Å². The molecule has 2 N–H and O–H groups in total. The van der Waals surface area contributed by atoms with Crippen molar-refractivity contribution in [2.45, 2.75) is 75.1 Å². The van der Waals surface area contributed by atoms with E-state index in [-0.39, 0.29) is 23.3 Å². The Hall–Kier alpha value is -3.29. The Bertz CT molecular complexity index is 1200. The van der Waals surface area contributed by atoms with Gasteiger partial charge in [-0.3, -0.25) is 4.79 Å². The van der Waals surface area contributed by atoms with Crippen molar-refractivity contribution in [1.82, 2.24) is 10.2 Å². The van der Waals surface area contributed by atoms with Gasteiger partial charge in [-0.1, -0.05) is 111 Å². The average molecular weight is 589 g/mol. The monoisotopic (exact) mass is 588 g/mol. The summed E-state index contributed by atoms with van der Waals surface area (Å²) in [5, 5.41) is 13.2. The van der Waals surface area contributed by atoms with E-state index in [1.807, 2.05) is 64.6 Å². The highest BCUT2D eigenvalue weighted by atomic mass is 32.2. The second-order valence-electron chi connectivity index (χ2n) is 12.2. The van der Waals surface area contributed by atoms with Gasteiger partial charge in [-0.2, -0.15) is 0 Å². The molecule has 0 spiro atoms. The van der Waals surface area contributed by atoms with Gasteiger partial charge >= 0.3 is 12.1 Å². The molecule has 1 saturated heterocycles. The number of carbonyl (C=O) groups excluding carboxylic acids is 1. The Morgan fingerprint density at radius 1 is 0.929 bits per heavy atom. The number of carboxylic acids is 1. The highest BCUT2D eigenvalue weighted by molar-refractivity contribution is 8.01. The predicted octanol–water partition coefficient (Wildman–Crippen LogP) is 7.18. The number of thioether (sulfide) groups is 1. The molecule has 1 aliphatic heterocycles. The van der Waals surface area contributed by atoms with Crippen LogP contribution >= 0.6 is 11.8 Å². The molecule has 7 heteroatoms. The van der Waals surface area contributed by atoms with Crippen LogP contribution in [0.2, 0.25) is 0 Å². The number of carboxylic acid groups (broad SMARTS) is 1. The predicted molar refractivity (Wildman–Crippen MR) is 171 cm³/mol. The minimum absolute atomic E-state index is 0.0362. The number of nitrogens with zero attached hydrogens (tertiary/aromatic N) is 1. The molecule has 1 amide bonds. The summed E-state index contributed by atoms with van der Waals surface area (Å²) in [6, 6.07) is 30.7. The lowest BCUT2D eigenvalue weighted by Gasteiger charge is -2.37. The Morgan fingerprint density at radius 3 is 1.81 bits per heavy atom. The van der Waals surface area contributed by atoms with Gasteiger partial charge in [0.25, 0.3) is 0 Å². The first-order chi connectivity index (χ1) is 20.0. The zero-order valence-corrected chi connectivity index (χ0v) is 26.1. The van der Waals surface area contributed by atoms with Gasteiger partial charge in [-0.15, -0.1) is 11.8 Å². The number of benzene rings is 3. The first-order valence-electron chi connectivity index (χ1n) is 14.8. The van der Waals surface area contributed by atoms with Crippen LogP contribution in [0.4, 0.5) is 4.79 Å². The van der Waals surface area contributed by atoms with Crippen LogP contribution in [0, 0.1) is 5.92 Å². The zero-order valence-electron chi connectivity index (χ0n) is 25.3. The number of hydrogen-bond donors (Lipinski definition) is 2. The first kappa shape index (κ1) is 31.6. The summed E-state index contributed by atoms with van der Waals surface area (Å²) < 4.78 is 5.32. The third-order valence-corrected chi connectivity index (χ3v) is 9.68. The fourth-order valence-corrected chi connectivity index (χ4v) is 7.57. The maximum Gasteiger partial charge on any atom is 0.410 e. The summed E-state index contributed by atoms with van der Waals surface area (Å²) in [4.78, 5) is 27.4. The maximum absolute atomic E-state index is 13.5. The molecule has 6 nitrogen and oxygen atoms in total. The van der Waals surface area contributed by atoms with Crippen LogP contribution in [0.3, 0.4) is 0 Å². The number of hydrogen-bond acceptors (Lipinski definition) is 5. The number of rotatable bonds is 11. The standard InChI is InChI=1S/C35H44N2O4S/c1-6-25(2)31(32(38)39)36-23-29-22-30(24-37(29)33(40)41-34(3,4)5)42-35(26-16-10-7-11-17-26,27-18-12-8-13-19-27)28-20-14-9-15-21-28/h7-21,25,29-31,36H,6,22-24H2,1-5H3,(H,38,39)/t25?,29?,30?,31-/m0/s1. The van der Waals surface area contributed by atoms with Crippen LogP contribution in [-0.2, 0) is 14.3 Å². The Morgan fingerprint density at radius 2 is 1.40 bits per heavy atom. The molecule has 42 heavy (non-hydrogen) atoms. The number of carbonyl (C=O) groups is 2. The highest BCUT2D eigenvalue weighted by Gasteiger charge is 2.45. The van der Waals surface area contributed by atoms with Crippen molar-refractivity contribution in [2.75, 3.05) is 13.1 Å². The lowest BCUT2D eigenvalue weighted by molar-refractivity contribution is -0.140. The molecule has 4 rings (SSSR count). The van der Waals surface area contributed by atoms with Gasteiger partial charge in [0.2, 0.25) is 0 Å². The van der Waals surface area contributed by atoms with Gasteiger partial charge < -0.3 is 20.1 Å². The van der Waals surface area contributed by atoms with Gasteiger partial charge in [0.1, 0.15) is 11.6 Å². The van der Waals surface area contributed by atoms with Crippen molar-refractivity contribution in [3.05, 3.63) is 108 Å². The normalized spacial score (nSPS) is 18.8.